The number of methoxy groups -OCH3 is 2. The van der Waals surface area contributed by atoms with Crippen LogP contribution in [0.15, 0.2) is 41.2 Å². The lowest BCUT2D eigenvalue weighted by Gasteiger charge is -2.27. The first-order chi connectivity index (χ1) is 14.5. The monoisotopic (exact) mass is 409 g/mol. The average Bonchev–Trinajstić information content (AvgIpc) is 2.75. The average molecular weight is 409 g/mol. The minimum Gasteiger partial charge on any atom is -0.493 e. The first kappa shape index (κ1) is 19.9. The number of primary amides is 1. The second-order valence-electron chi connectivity index (χ2n) is 7.48. The van der Waals surface area contributed by atoms with E-state index in [2.05, 4.69) is 4.98 Å². The van der Waals surface area contributed by atoms with E-state index in [1.165, 1.54) is 20.6 Å². The van der Waals surface area contributed by atoms with E-state index in [4.69, 9.17) is 15.2 Å². The van der Waals surface area contributed by atoms with Crippen molar-refractivity contribution in [2.24, 2.45) is 5.73 Å². The zero-order valence-electron chi connectivity index (χ0n) is 17.1. The second kappa shape index (κ2) is 8.16. The lowest BCUT2D eigenvalue weighted by atomic mass is 9.99. The van der Waals surface area contributed by atoms with Gasteiger partial charge in [-0.3, -0.25) is 14.2 Å². The summed E-state index contributed by atoms with van der Waals surface area (Å²) in [5.74, 6) is 1.43. The Labute approximate surface area is 173 Å². The van der Waals surface area contributed by atoms with Gasteiger partial charge in [0, 0.05) is 12.0 Å². The van der Waals surface area contributed by atoms with E-state index in [-0.39, 0.29) is 12.1 Å². The number of fused-ring (bicyclic) bond motifs is 2. The molecule has 1 unspecified atom stereocenters. The standard InChI is InChI=1S/C22H24N4O4/c1-29-18-9-14-7-8-25(11-15(14)10-19(18)30-2)13-21-24-17-6-4-3-5-16(17)22(28)26(21)12-20(23)27/h3-6,9-10H,7-8,11-13H2,1-2H3,(H2,23,27)/p+1. The van der Waals surface area contributed by atoms with E-state index in [1.54, 1.807) is 26.4 Å². The van der Waals surface area contributed by atoms with E-state index >= 15 is 0 Å². The number of hydrogen-bond acceptors (Lipinski definition) is 5. The highest BCUT2D eigenvalue weighted by molar-refractivity contribution is 5.78. The van der Waals surface area contributed by atoms with Gasteiger partial charge in [-0.15, -0.1) is 0 Å². The number of carbonyl (C=O) groups excluding carboxylic acids is 1. The molecule has 0 saturated carbocycles. The zero-order valence-corrected chi connectivity index (χ0v) is 17.1. The number of quaternary nitrogens is 1. The molecule has 2 aromatic carbocycles. The van der Waals surface area contributed by atoms with E-state index < -0.39 is 5.91 Å². The maximum atomic E-state index is 13.0. The van der Waals surface area contributed by atoms with Gasteiger partial charge in [0.05, 0.1) is 31.7 Å². The molecule has 156 valence electrons. The van der Waals surface area contributed by atoms with Crippen molar-refractivity contribution in [2.45, 2.75) is 26.1 Å². The number of ether oxygens (including phenoxy) is 2. The van der Waals surface area contributed by atoms with Gasteiger partial charge in [0.2, 0.25) is 5.91 Å². The van der Waals surface area contributed by atoms with Crippen LogP contribution in [0.2, 0.25) is 0 Å². The van der Waals surface area contributed by atoms with Gasteiger partial charge in [0.25, 0.3) is 5.56 Å². The Morgan fingerprint density at radius 2 is 1.87 bits per heavy atom. The van der Waals surface area contributed by atoms with Gasteiger partial charge in [-0.05, 0) is 29.8 Å². The summed E-state index contributed by atoms with van der Waals surface area (Å²) in [6, 6.07) is 11.2. The van der Waals surface area contributed by atoms with E-state index in [0.29, 0.717) is 29.0 Å². The third-order valence-corrected chi connectivity index (χ3v) is 5.56. The Balaban J connectivity index is 1.68. The molecule has 0 saturated heterocycles. The van der Waals surface area contributed by atoms with E-state index in [0.717, 1.165) is 25.3 Å². The molecule has 4 rings (SSSR count). The summed E-state index contributed by atoms with van der Waals surface area (Å²) in [5.41, 5.74) is 8.20. The molecule has 1 aromatic heterocycles. The Kier molecular flexibility index (Phi) is 5.41. The number of carbonyl (C=O) groups is 1. The van der Waals surface area contributed by atoms with Gasteiger partial charge in [0.1, 0.15) is 19.6 Å². The van der Waals surface area contributed by atoms with Gasteiger partial charge in [-0.1, -0.05) is 12.1 Å². The van der Waals surface area contributed by atoms with Gasteiger partial charge in [0.15, 0.2) is 17.3 Å². The van der Waals surface area contributed by atoms with Crippen molar-refractivity contribution in [3.63, 3.8) is 0 Å². The van der Waals surface area contributed by atoms with Gasteiger partial charge < -0.3 is 20.1 Å². The lowest BCUT2D eigenvalue weighted by molar-refractivity contribution is -0.930. The van der Waals surface area contributed by atoms with Crippen LogP contribution >= 0.6 is 0 Å². The Morgan fingerprint density at radius 1 is 1.17 bits per heavy atom. The molecule has 0 aliphatic carbocycles. The quantitative estimate of drug-likeness (QED) is 0.599. The third kappa shape index (κ3) is 3.73. The summed E-state index contributed by atoms with van der Waals surface area (Å²) in [6.45, 7) is 1.97. The van der Waals surface area contributed by atoms with Crippen LogP contribution in [-0.2, 0) is 30.8 Å². The number of nitrogens with one attached hydrogen (secondary N) is 1. The van der Waals surface area contributed by atoms with Gasteiger partial charge >= 0.3 is 0 Å². The summed E-state index contributed by atoms with van der Waals surface area (Å²) in [4.78, 5) is 30.5. The van der Waals surface area contributed by atoms with Gasteiger partial charge in [-0.2, -0.15) is 0 Å². The number of aromatic nitrogens is 2. The molecule has 30 heavy (non-hydrogen) atoms. The van der Waals surface area contributed by atoms with Crippen molar-refractivity contribution in [1.29, 1.82) is 0 Å². The number of rotatable bonds is 6. The van der Waals surface area contributed by atoms with Crippen molar-refractivity contribution in [1.82, 2.24) is 9.55 Å². The molecule has 1 amide bonds. The highest BCUT2D eigenvalue weighted by Gasteiger charge is 2.24. The number of nitrogens with zero attached hydrogens (tertiary/aromatic N) is 2. The van der Waals surface area contributed by atoms with Crippen LogP contribution in [0.5, 0.6) is 11.5 Å². The highest BCUT2D eigenvalue weighted by atomic mass is 16.5. The van der Waals surface area contributed by atoms with Crippen molar-refractivity contribution in [3.05, 3.63) is 63.7 Å². The predicted molar refractivity (Wildman–Crippen MR) is 112 cm³/mol. The first-order valence-electron chi connectivity index (χ1n) is 9.84. The summed E-state index contributed by atoms with van der Waals surface area (Å²) < 4.78 is 12.3. The molecule has 8 nitrogen and oxygen atoms in total. The fraction of sp³-hybridized carbons (Fsp3) is 0.318. The minimum absolute atomic E-state index is 0.180. The maximum Gasteiger partial charge on any atom is 0.262 e. The molecular weight excluding hydrogens is 384 g/mol. The topological polar surface area (TPSA) is 101 Å². The summed E-state index contributed by atoms with van der Waals surface area (Å²) >= 11 is 0. The Bertz CT molecular complexity index is 1170. The fourth-order valence-electron chi connectivity index (χ4n) is 4.07. The van der Waals surface area contributed by atoms with Crippen LogP contribution in [0.4, 0.5) is 0 Å². The molecule has 0 fully saturated rings. The number of nitrogens with two attached hydrogens (primary N) is 1. The summed E-state index contributed by atoms with van der Waals surface area (Å²) in [6.07, 6.45) is 0.874. The van der Waals surface area contributed by atoms with E-state index in [9.17, 15) is 9.59 Å². The minimum atomic E-state index is -0.564. The fourth-order valence-corrected chi connectivity index (χ4v) is 4.07. The largest absolute Gasteiger partial charge is 0.493 e. The predicted octanol–water partition coefficient (Wildman–Crippen LogP) is 0.0402. The molecule has 0 radical (unpaired) electrons. The SMILES string of the molecule is COc1cc2c(cc1OC)C[NH+](Cc1nc3ccccc3c(=O)n1CC(N)=O)CC2. The third-order valence-electron chi connectivity index (χ3n) is 5.56. The Morgan fingerprint density at radius 3 is 2.57 bits per heavy atom. The number of benzene rings is 2. The molecule has 3 N–H and O–H groups in total. The van der Waals surface area contributed by atoms with Crippen LogP contribution in [0.3, 0.4) is 0 Å². The molecule has 3 aromatic rings. The highest BCUT2D eigenvalue weighted by Crippen LogP contribution is 2.31. The number of para-hydroxylation sites is 1. The molecule has 0 bridgehead atoms. The van der Waals surface area contributed by atoms with E-state index in [1.807, 2.05) is 24.3 Å². The molecule has 1 aliphatic heterocycles. The van der Waals surface area contributed by atoms with Crippen LogP contribution in [-0.4, -0.2) is 36.2 Å². The van der Waals surface area contributed by atoms with Crippen LogP contribution < -0.4 is 25.7 Å². The molecule has 0 spiro atoms. The van der Waals surface area contributed by atoms with Crippen molar-refractivity contribution < 1.29 is 19.2 Å². The lowest BCUT2D eigenvalue weighted by Crippen LogP contribution is -3.10. The first-order valence-corrected chi connectivity index (χ1v) is 9.84. The smallest absolute Gasteiger partial charge is 0.262 e. The normalized spacial score (nSPS) is 15.6. The van der Waals surface area contributed by atoms with Crippen LogP contribution in [0.25, 0.3) is 10.9 Å². The Hall–Kier alpha value is -3.39. The van der Waals surface area contributed by atoms with Gasteiger partial charge in [-0.25, -0.2) is 4.98 Å². The molecular formula is C22H25N4O4+. The zero-order chi connectivity index (χ0) is 21.3. The molecule has 2 heterocycles. The number of hydrogen-bond donors (Lipinski definition) is 2. The van der Waals surface area contributed by atoms with Crippen molar-refractivity contribution in [2.75, 3.05) is 20.8 Å². The summed E-state index contributed by atoms with van der Waals surface area (Å²) in [5, 5.41) is 0.485. The second-order valence-corrected chi connectivity index (χ2v) is 7.48. The molecule has 1 atom stereocenters. The summed E-state index contributed by atoms with van der Waals surface area (Å²) in [7, 11) is 3.26. The molecule has 8 heteroatoms. The maximum absolute atomic E-state index is 13.0. The van der Waals surface area contributed by atoms with Crippen LogP contribution in [0.1, 0.15) is 17.0 Å². The number of amides is 1. The molecule has 1 aliphatic rings. The van der Waals surface area contributed by atoms with Crippen LogP contribution in [0, 0.1) is 0 Å². The van der Waals surface area contributed by atoms with Crippen molar-refractivity contribution in [3.8, 4) is 11.5 Å². The van der Waals surface area contributed by atoms with Crippen molar-refractivity contribution >= 4 is 16.8 Å².